The van der Waals surface area contributed by atoms with Crippen molar-refractivity contribution in [3.63, 3.8) is 0 Å². The Kier molecular flexibility index (Phi) is 12.4. The molecule has 0 unspecified atom stereocenters. The van der Waals surface area contributed by atoms with E-state index in [1.165, 1.54) is 80.8 Å². The summed E-state index contributed by atoms with van der Waals surface area (Å²) in [6.07, 6.45) is 13.6. The molecule has 1 aromatic heterocycles. The summed E-state index contributed by atoms with van der Waals surface area (Å²) in [4.78, 5) is 18.0. The number of nitrogen functional groups attached to an aromatic ring is 1. The summed E-state index contributed by atoms with van der Waals surface area (Å²) in [5.41, 5.74) is 10.4. The number of carboxylic acid groups (broad SMARTS) is 2. The normalized spacial score (nSPS) is 10.7. The van der Waals surface area contributed by atoms with Crippen LogP contribution in [0, 0.1) is 0 Å². The predicted octanol–water partition coefficient (Wildman–Crippen LogP) is 4.30. The molecule has 3 aromatic rings. The predicted molar refractivity (Wildman–Crippen MR) is 137 cm³/mol. The Balaban J connectivity index is 0.000000641. The van der Waals surface area contributed by atoms with Gasteiger partial charge in [-0.15, -0.1) is 0 Å². The first-order valence-electron chi connectivity index (χ1n) is 12.7. The molecule has 0 spiro atoms. The number of carbonyl (C=O) groups excluding carboxylic acids is 1. The van der Waals surface area contributed by atoms with Crippen molar-refractivity contribution >= 4 is 28.9 Å². The van der Waals surface area contributed by atoms with Crippen LogP contribution in [-0.4, -0.2) is 21.6 Å². The molecule has 0 bridgehead atoms. The van der Waals surface area contributed by atoms with Gasteiger partial charge < -0.3 is 15.0 Å². The van der Waals surface area contributed by atoms with Gasteiger partial charge in [-0.05, 0) is 24.1 Å². The Morgan fingerprint density at radius 2 is 1.37 bits per heavy atom. The van der Waals surface area contributed by atoms with Crippen molar-refractivity contribution < 1.29 is 24.4 Å². The molecule has 3 N–H and O–H groups in total. The number of aromatic nitrogens is 2. The number of aryl methyl sites for hydroxylation is 1. The van der Waals surface area contributed by atoms with Crippen LogP contribution in [0.15, 0.2) is 54.6 Å². The fourth-order valence-electron chi connectivity index (χ4n) is 4.24. The third-order valence-corrected chi connectivity index (χ3v) is 6.11. The van der Waals surface area contributed by atoms with Crippen LogP contribution in [0.5, 0.6) is 0 Å². The zero-order valence-corrected chi connectivity index (χ0v) is 20.8. The Morgan fingerprint density at radius 1 is 0.857 bits per heavy atom. The lowest BCUT2D eigenvalue weighted by molar-refractivity contribution is -0.648. The fourth-order valence-corrected chi connectivity index (χ4v) is 4.24. The lowest BCUT2D eigenvalue weighted by Gasteiger charge is -2.04. The first-order chi connectivity index (χ1) is 17.0. The van der Waals surface area contributed by atoms with Crippen LogP contribution in [0.1, 0.15) is 76.7 Å². The molecule has 0 aliphatic heterocycles. The van der Waals surface area contributed by atoms with Gasteiger partial charge in [0.15, 0.2) is 5.97 Å². The van der Waals surface area contributed by atoms with Crippen molar-refractivity contribution in [2.45, 2.75) is 84.2 Å². The second-order valence-electron chi connectivity index (χ2n) is 8.84. The maximum atomic E-state index is 9.04. The molecule has 0 atom stereocenters. The highest BCUT2D eigenvalue weighted by Gasteiger charge is 2.20. The first kappa shape index (κ1) is 27.9. The molecule has 3 rings (SSSR count). The van der Waals surface area contributed by atoms with Gasteiger partial charge in [0, 0.05) is 0 Å². The monoisotopic (exact) mass is 481 g/mol. The lowest BCUT2D eigenvalue weighted by atomic mass is 10.1. The molecule has 0 radical (unpaired) electrons. The summed E-state index contributed by atoms with van der Waals surface area (Å²) in [5, 5.41) is 16.3. The quantitative estimate of drug-likeness (QED) is 0.215. The minimum absolute atomic E-state index is 0.818. The zero-order valence-electron chi connectivity index (χ0n) is 20.8. The number of rotatable bonds is 13. The van der Waals surface area contributed by atoms with E-state index in [0.717, 1.165) is 19.0 Å². The van der Waals surface area contributed by atoms with Gasteiger partial charge in [0.2, 0.25) is 0 Å². The van der Waals surface area contributed by atoms with Gasteiger partial charge in [0.05, 0.1) is 13.1 Å². The number of fused-ring (bicyclic) bond motifs is 1. The Morgan fingerprint density at radius 3 is 1.94 bits per heavy atom. The Bertz CT molecular complexity index is 1040. The third-order valence-electron chi connectivity index (χ3n) is 6.11. The van der Waals surface area contributed by atoms with Crippen molar-refractivity contribution in [1.29, 1.82) is 0 Å². The van der Waals surface area contributed by atoms with Gasteiger partial charge >= 0.3 is 11.9 Å². The van der Waals surface area contributed by atoms with Crippen molar-refractivity contribution in [1.82, 2.24) is 4.57 Å². The van der Waals surface area contributed by atoms with Crippen LogP contribution < -0.4 is 15.4 Å². The van der Waals surface area contributed by atoms with Crippen molar-refractivity contribution in [2.75, 3.05) is 5.73 Å². The van der Waals surface area contributed by atoms with Gasteiger partial charge in [0.1, 0.15) is 11.0 Å². The van der Waals surface area contributed by atoms with E-state index in [0.29, 0.717) is 0 Å². The van der Waals surface area contributed by atoms with Crippen LogP contribution >= 0.6 is 0 Å². The highest BCUT2D eigenvalue weighted by molar-refractivity contribution is 6.26. The number of nitrogens with two attached hydrogens (primary N) is 1. The maximum absolute atomic E-state index is 9.04. The molecular weight excluding hydrogens is 442 g/mol. The number of nitrogens with zero attached hydrogens (tertiary/aromatic N) is 2. The summed E-state index contributed by atoms with van der Waals surface area (Å²) in [6.45, 7) is 4.10. The molecule has 0 amide bonds. The smallest absolute Gasteiger partial charge is 0.356 e. The van der Waals surface area contributed by atoms with E-state index in [-0.39, 0.29) is 0 Å². The number of unbranched alkanes of at least 4 members (excludes halogenated alkanes) is 9. The number of hydrogen-bond acceptors (Lipinski definition) is 4. The SMILES string of the molecule is CCCCCCCCCCCCn1c(N)[n+](Cc2ccccc2)c2ccccc21.O=C([O-])C(=O)O. The third kappa shape index (κ3) is 9.43. The van der Waals surface area contributed by atoms with E-state index in [1.54, 1.807) is 0 Å². The molecule has 1 heterocycles. The molecule has 35 heavy (non-hydrogen) atoms. The number of aliphatic carboxylic acids is 2. The van der Waals surface area contributed by atoms with E-state index in [4.69, 9.17) is 25.5 Å². The van der Waals surface area contributed by atoms with Crippen molar-refractivity contribution in [3.05, 3.63) is 60.2 Å². The summed E-state index contributed by atoms with van der Waals surface area (Å²) < 4.78 is 4.56. The molecule has 0 aliphatic rings. The molecule has 2 aromatic carbocycles. The number of imidazole rings is 1. The van der Waals surface area contributed by atoms with Crippen LogP contribution in [-0.2, 0) is 22.7 Å². The standard InChI is InChI=1S/C26H37N3.C2H2O4/c1-2-3-4-5-6-7-8-9-10-16-21-28-24-19-14-15-20-25(24)29(26(28)27)22-23-17-12-11-13-18-23;3-1(4)2(5)6/h11-15,17-20,27H,2-10,16,21-22H2,1H3;(H,3,4)(H,5,6). The fraction of sp³-hybridized carbons (Fsp3) is 0.464. The van der Waals surface area contributed by atoms with E-state index in [9.17, 15) is 0 Å². The Labute approximate surface area is 208 Å². The van der Waals surface area contributed by atoms with Crippen LogP contribution in [0.25, 0.3) is 11.0 Å². The van der Waals surface area contributed by atoms with Crippen LogP contribution in [0.4, 0.5) is 5.95 Å². The van der Waals surface area contributed by atoms with E-state index in [2.05, 4.69) is 70.7 Å². The molecule has 7 heteroatoms. The van der Waals surface area contributed by atoms with Crippen molar-refractivity contribution in [2.24, 2.45) is 0 Å². The number of benzene rings is 2. The highest BCUT2D eigenvalue weighted by Crippen LogP contribution is 2.19. The van der Waals surface area contributed by atoms with Gasteiger partial charge in [-0.2, -0.15) is 0 Å². The minimum Gasteiger partial charge on any atom is -0.539 e. The van der Waals surface area contributed by atoms with Gasteiger partial charge in [0.25, 0.3) is 0 Å². The summed E-state index contributed by atoms with van der Waals surface area (Å²) in [5.74, 6) is -3.14. The number of para-hydroxylation sites is 2. The Hall–Kier alpha value is -3.35. The van der Waals surface area contributed by atoms with Gasteiger partial charge in [-0.25, -0.2) is 13.9 Å². The van der Waals surface area contributed by atoms with Gasteiger partial charge in [-0.3, -0.25) is 5.73 Å². The molecule has 0 fully saturated rings. The number of carboxylic acids is 2. The number of anilines is 1. The van der Waals surface area contributed by atoms with Crippen molar-refractivity contribution in [3.8, 4) is 0 Å². The molecular formula is C28H39N3O4. The number of carbonyl (C=O) groups is 2. The second-order valence-corrected chi connectivity index (χ2v) is 8.84. The van der Waals surface area contributed by atoms with E-state index >= 15 is 0 Å². The largest absolute Gasteiger partial charge is 0.539 e. The molecule has 7 nitrogen and oxygen atoms in total. The summed E-state index contributed by atoms with van der Waals surface area (Å²) in [7, 11) is 0. The molecule has 0 saturated heterocycles. The van der Waals surface area contributed by atoms with E-state index < -0.39 is 11.9 Å². The zero-order chi connectivity index (χ0) is 25.5. The number of hydrogen-bond donors (Lipinski definition) is 2. The average Bonchev–Trinajstić information content (AvgIpc) is 3.12. The second kappa shape index (κ2) is 15.5. The summed E-state index contributed by atoms with van der Waals surface area (Å²) in [6, 6.07) is 19.2. The lowest BCUT2D eigenvalue weighted by Crippen LogP contribution is -2.37. The highest BCUT2D eigenvalue weighted by atomic mass is 16.4. The van der Waals surface area contributed by atoms with Crippen LogP contribution in [0.3, 0.4) is 0 Å². The average molecular weight is 482 g/mol. The van der Waals surface area contributed by atoms with Crippen LogP contribution in [0.2, 0.25) is 0 Å². The topological polar surface area (TPSA) is 112 Å². The first-order valence-corrected chi connectivity index (χ1v) is 12.7. The minimum atomic E-state index is -2.07. The maximum Gasteiger partial charge on any atom is 0.356 e. The molecule has 190 valence electrons. The summed E-state index contributed by atoms with van der Waals surface area (Å²) >= 11 is 0. The molecule has 0 saturated carbocycles. The van der Waals surface area contributed by atoms with E-state index in [1.807, 2.05) is 0 Å². The molecule has 0 aliphatic carbocycles. The van der Waals surface area contributed by atoms with Gasteiger partial charge in [-0.1, -0.05) is 107 Å².